The maximum absolute atomic E-state index is 10.9. The van der Waals surface area contributed by atoms with Crippen LogP contribution in [0.1, 0.15) is 31.1 Å². The molecule has 0 fully saturated rings. The summed E-state index contributed by atoms with van der Waals surface area (Å²) in [5, 5.41) is 12.0. The third-order valence-corrected chi connectivity index (χ3v) is 2.40. The molecule has 0 aliphatic rings. The lowest BCUT2D eigenvalue weighted by molar-refractivity contribution is 0.0697. The zero-order chi connectivity index (χ0) is 11.4. The number of aromatic nitrogens is 1. The summed E-state index contributed by atoms with van der Waals surface area (Å²) >= 11 is 0. The lowest BCUT2D eigenvalue weighted by Crippen LogP contribution is -2.23. The molecular formula is C11H16N2O2. The van der Waals surface area contributed by atoms with Gasteiger partial charge in [0, 0.05) is 12.2 Å². The van der Waals surface area contributed by atoms with Crippen molar-refractivity contribution in [3.05, 3.63) is 23.9 Å². The van der Waals surface area contributed by atoms with E-state index < -0.39 is 5.97 Å². The molecule has 82 valence electrons. The van der Waals surface area contributed by atoms with Gasteiger partial charge in [0.1, 0.15) is 11.4 Å². The van der Waals surface area contributed by atoms with Crippen LogP contribution in [0, 0.1) is 5.92 Å². The van der Waals surface area contributed by atoms with Crippen molar-refractivity contribution in [1.29, 1.82) is 0 Å². The minimum Gasteiger partial charge on any atom is -0.478 e. The van der Waals surface area contributed by atoms with Crippen LogP contribution in [0.4, 0.5) is 5.82 Å². The minimum atomic E-state index is -0.957. The van der Waals surface area contributed by atoms with E-state index in [1.54, 1.807) is 18.3 Å². The average molecular weight is 208 g/mol. The van der Waals surface area contributed by atoms with Crippen LogP contribution in [0.15, 0.2) is 18.3 Å². The molecule has 15 heavy (non-hydrogen) atoms. The number of nitrogens with one attached hydrogen (secondary N) is 1. The van der Waals surface area contributed by atoms with Gasteiger partial charge in [-0.05, 0) is 25.0 Å². The summed E-state index contributed by atoms with van der Waals surface area (Å²) in [5.41, 5.74) is 0.213. The number of hydrogen-bond donors (Lipinski definition) is 2. The summed E-state index contributed by atoms with van der Waals surface area (Å²) in [6.45, 7) is 6.15. The lowest BCUT2D eigenvalue weighted by Gasteiger charge is -2.18. The molecule has 2 N–H and O–H groups in total. The van der Waals surface area contributed by atoms with Crippen molar-refractivity contribution in [2.45, 2.75) is 26.8 Å². The van der Waals surface area contributed by atoms with E-state index >= 15 is 0 Å². The molecule has 0 aromatic carbocycles. The van der Waals surface area contributed by atoms with Crippen molar-refractivity contribution in [1.82, 2.24) is 4.98 Å². The third-order valence-electron chi connectivity index (χ3n) is 2.40. The molecule has 1 atom stereocenters. The average Bonchev–Trinajstić information content (AvgIpc) is 2.18. The van der Waals surface area contributed by atoms with Gasteiger partial charge < -0.3 is 10.4 Å². The first-order valence-corrected chi connectivity index (χ1v) is 4.97. The molecule has 1 aromatic rings. The second-order valence-electron chi connectivity index (χ2n) is 3.88. The van der Waals surface area contributed by atoms with Gasteiger partial charge >= 0.3 is 5.97 Å². The Kier molecular flexibility index (Phi) is 3.66. The SMILES string of the molecule is CC(C)C(C)Nc1ncccc1C(=O)O. The van der Waals surface area contributed by atoms with Gasteiger partial charge in [0.25, 0.3) is 0 Å². The van der Waals surface area contributed by atoms with Crippen molar-refractivity contribution in [2.75, 3.05) is 5.32 Å². The van der Waals surface area contributed by atoms with Gasteiger partial charge in [0.2, 0.25) is 0 Å². The second-order valence-corrected chi connectivity index (χ2v) is 3.88. The van der Waals surface area contributed by atoms with E-state index in [2.05, 4.69) is 24.1 Å². The zero-order valence-electron chi connectivity index (χ0n) is 9.19. The van der Waals surface area contributed by atoms with Gasteiger partial charge in [-0.15, -0.1) is 0 Å². The Morgan fingerprint density at radius 2 is 2.13 bits per heavy atom. The van der Waals surface area contributed by atoms with E-state index in [1.165, 1.54) is 0 Å². The number of carbonyl (C=O) groups is 1. The summed E-state index contributed by atoms with van der Waals surface area (Å²) in [7, 11) is 0. The number of rotatable bonds is 4. The number of aromatic carboxylic acids is 1. The summed E-state index contributed by atoms with van der Waals surface area (Å²) in [4.78, 5) is 14.9. The molecule has 1 aromatic heterocycles. The number of nitrogens with zero attached hydrogens (tertiary/aromatic N) is 1. The molecule has 0 saturated heterocycles. The Hall–Kier alpha value is -1.58. The Labute approximate surface area is 89.3 Å². The molecule has 0 saturated carbocycles. The summed E-state index contributed by atoms with van der Waals surface area (Å²) in [6, 6.07) is 3.36. The van der Waals surface area contributed by atoms with Gasteiger partial charge in [-0.2, -0.15) is 0 Å². The van der Waals surface area contributed by atoms with Crippen molar-refractivity contribution in [3.63, 3.8) is 0 Å². The maximum atomic E-state index is 10.9. The van der Waals surface area contributed by atoms with Crippen LogP contribution in [-0.4, -0.2) is 22.1 Å². The molecule has 1 rings (SSSR count). The standard InChI is InChI=1S/C11H16N2O2/c1-7(2)8(3)13-10-9(11(14)15)5-4-6-12-10/h4-8H,1-3H3,(H,12,13)(H,14,15). The van der Waals surface area contributed by atoms with Gasteiger partial charge in [0.15, 0.2) is 0 Å². The molecule has 4 nitrogen and oxygen atoms in total. The van der Waals surface area contributed by atoms with E-state index in [9.17, 15) is 4.79 Å². The van der Waals surface area contributed by atoms with Crippen LogP contribution < -0.4 is 5.32 Å². The fourth-order valence-electron chi connectivity index (χ4n) is 1.08. The zero-order valence-corrected chi connectivity index (χ0v) is 9.19. The molecule has 0 aliphatic carbocycles. The minimum absolute atomic E-state index is 0.193. The lowest BCUT2D eigenvalue weighted by atomic mass is 10.1. The van der Waals surface area contributed by atoms with Gasteiger partial charge in [-0.3, -0.25) is 0 Å². The van der Waals surface area contributed by atoms with E-state index in [-0.39, 0.29) is 11.6 Å². The number of anilines is 1. The van der Waals surface area contributed by atoms with Crippen LogP contribution in [0.2, 0.25) is 0 Å². The number of pyridine rings is 1. The van der Waals surface area contributed by atoms with Crippen molar-refractivity contribution < 1.29 is 9.90 Å². The van der Waals surface area contributed by atoms with E-state index in [0.29, 0.717) is 11.7 Å². The van der Waals surface area contributed by atoms with E-state index in [0.717, 1.165) is 0 Å². The largest absolute Gasteiger partial charge is 0.478 e. The molecule has 0 spiro atoms. The van der Waals surface area contributed by atoms with Crippen LogP contribution in [0.5, 0.6) is 0 Å². The van der Waals surface area contributed by atoms with E-state index in [4.69, 9.17) is 5.11 Å². The maximum Gasteiger partial charge on any atom is 0.339 e. The highest BCUT2D eigenvalue weighted by Gasteiger charge is 2.13. The fraction of sp³-hybridized carbons (Fsp3) is 0.455. The highest BCUT2D eigenvalue weighted by atomic mass is 16.4. The number of hydrogen-bond acceptors (Lipinski definition) is 3. The molecule has 4 heteroatoms. The molecule has 0 amide bonds. The Morgan fingerprint density at radius 1 is 1.47 bits per heavy atom. The van der Waals surface area contributed by atoms with Crippen LogP contribution in [-0.2, 0) is 0 Å². The van der Waals surface area contributed by atoms with Gasteiger partial charge in [-0.1, -0.05) is 13.8 Å². The molecule has 1 heterocycles. The number of carboxylic acid groups (broad SMARTS) is 1. The Bertz CT molecular complexity index is 350. The molecular weight excluding hydrogens is 192 g/mol. The first-order chi connectivity index (χ1) is 7.02. The van der Waals surface area contributed by atoms with Crippen molar-refractivity contribution in [3.8, 4) is 0 Å². The molecule has 0 bridgehead atoms. The van der Waals surface area contributed by atoms with E-state index in [1.807, 2.05) is 6.92 Å². The monoisotopic (exact) mass is 208 g/mol. The topological polar surface area (TPSA) is 62.2 Å². The Morgan fingerprint density at radius 3 is 2.67 bits per heavy atom. The van der Waals surface area contributed by atoms with Gasteiger partial charge in [-0.25, -0.2) is 9.78 Å². The molecule has 1 unspecified atom stereocenters. The smallest absolute Gasteiger partial charge is 0.339 e. The second kappa shape index (κ2) is 4.77. The Balaban J connectivity index is 2.89. The molecule has 0 aliphatic heterocycles. The fourth-order valence-corrected chi connectivity index (χ4v) is 1.08. The van der Waals surface area contributed by atoms with Crippen LogP contribution >= 0.6 is 0 Å². The highest BCUT2D eigenvalue weighted by Crippen LogP contribution is 2.14. The first kappa shape index (κ1) is 11.5. The summed E-state index contributed by atoms with van der Waals surface area (Å²) < 4.78 is 0. The van der Waals surface area contributed by atoms with Crippen LogP contribution in [0.25, 0.3) is 0 Å². The predicted molar refractivity (Wildman–Crippen MR) is 59.1 cm³/mol. The first-order valence-electron chi connectivity index (χ1n) is 4.97. The van der Waals surface area contributed by atoms with Crippen molar-refractivity contribution >= 4 is 11.8 Å². The predicted octanol–water partition coefficient (Wildman–Crippen LogP) is 2.24. The number of carboxylic acids is 1. The summed E-state index contributed by atoms with van der Waals surface area (Å²) in [6.07, 6.45) is 1.59. The molecule has 0 radical (unpaired) electrons. The third kappa shape index (κ3) is 2.94. The normalized spacial score (nSPS) is 12.5. The summed E-state index contributed by atoms with van der Waals surface area (Å²) in [5.74, 6) is -0.0959. The highest BCUT2D eigenvalue weighted by molar-refractivity contribution is 5.93. The van der Waals surface area contributed by atoms with Crippen LogP contribution in [0.3, 0.4) is 0 Å². The quantitative estimate of drug-likeness (QED) is 0.796. The van der Waals surface area contributed by atoms with Crippen molar-refractivity contribution in [2.24, 2.45) is 5.92 Å². The van der Waals surface area contributed by atoms with Gasteiger partial charge in [0.05, 0.1) is 0 Å².